The number of rotatable bonds is 2. The first-order valence-electron chi connectivity index (χ1n) is 4.19. The van der Waals surface area contributed by atoms with E-state index in [4.69, 9.17) is 0 Å². The van der Waals surface area contributed by atoms with Crippen LogP contribution in [0.15, 0.2) is 0 Å². The van der Waals surface area contributed by atoms with E-state index >= 15 is 0 Å². The molecule has 60 valence electrons. The first kappa shape index (κ1) is 8.79. The lowest BCUT2D eigenvalue weighted by Crippen LogP contribution is -2.11. The van der Waals surface area contributed by atoms with Crippen LogP contribution in [0.3, 0.4) is 0 Å². The second-order valence-electron chi connectivity index (χ2n) is 2.83. The van der Waals surface area contributed by atoms with Crippen LogP contribution in [0.5, 0.6) is 0 Å². The summed E-state index contributed by atoms with van der Waals surface area (Å²) in [6.07, 6.45) is 5.61. The lowest BCUT2D eigenvalue weighted by Gasteiger charge is -2.25. The average molecular weight is 176 g/mol. The summed E-state index contributed by atoms with van der Waals surface area (Å²) in [5.74, 6) is 0. The van der Waals surface area contributed by atoms with Crippen LogP contribution in [0.25, 0.3) is 0 Å². The van der Waals surface area contributed by atoms with E-state index in [9.17, 15) is 0 Å². The van der Waals surface area contributed by atoms with E-state index < -0.39 is 0 Å². The highest BCUT2D eigenvalue weighted by Gasteiger charge is 2.19. The standard InChI is InChI=1S/C8H16S2/c1-3-7-5-6-8(4-2)10-9-7/h7-8H,3-6H2,1-2H3. The van der Waals surface area contributed by atoms with E-state index in [2.05, 4.69) is 35.4 Å². The van der Waals surface area contributed by atoms with Crippen molar-refractivity contribution in [2.24, 2.45) is 0 Å². The molecular weight excluding hydrogens is 160 g/mol. The van der Waals surface area contributed by atoms with E-state index in [1.165, 1.54) is 25.7 Å². The Morgan fingerprint density at radius 1 is 1.00 bits per heavy atom. The van der Waals surface area contributed by atoms with Gasteiger partial charge in [-0.1, -0.05) is 35.4 Å². The summed E-state index contributed by atoms with van der Waals surface area (Å²) in [6, 6.07) is 0. The second kappa shape index (κ2) is 4.55. The molecule has 0 radical (unpaired) electrons. The largest absolute Gasteiger partial charge is 0.0905 e. The highest BCUT2D eigenvalue weighted by molar-refractivity contribution is 8.77. The van der Waals surface area contributed by atoms with E-state index in [0.29, 0.717) is 0 Å². The quantitative estimate of drug-likeness (QED) is 0.588. The van der Waals surface area contributed by atoms with Crippen LogP contribution in [0.4, 0.5) is 0 Å². The van der Waals surface area contributed by atoms with Crippen LogP contribution < -0.4 is 0 Å². The molecule has 2 atom stereocenters. The van der Waals surface area contributed by atoms with Gasteiger partial charge in [-0.2, -0.15) is 0 Å². The average Bonchev–Trinajstić information content (AvgIpc) is 2.05. The van der Waals surface area contributed by atoms with Crippen molar-refractivity contribution in [1.29, 1.82) is 0 Å². The minimum atomic E-state index is 0.952. The lowest BCUT2D eigenvalue weighted by molar-refractivity contribution is 0.644. The molecule has 0 aromatic carbocycles. The van der Waals surface area contributed by atoms with Crippen molar-refractivity contribution in [2.45, 2.75) is 50.0 Å². The highest BCUT2D eigenvalue weighted by atomic mass is 33.1. The summed E-state index contributed by atoms with van der Waals surface area (Å²) < 4.78 is 0. The molecule has 1 fully saturated rings. The van der Waals surface area contributed by atoms with Crippen molar-refractivity contribution in [3.05, 3.63) is 0 Å². The molecule has 0 N–H and O–H groups in total. The van der Waals surface area contributed by atoms with Gasteiger partial charge in [-0.15, -0.1) is 0 Å². The maximum Gasteiger partial charge on any atom is 0.0149 e. The fourth-order valence-electron chi connectivity index (χ4n) is 1.17. The smallest absolute Gasteiger partial charge is 0.0149 e. The van der Waals surface area contributed by atoms with Gasteiger partial charge in [0.1, 0.15) is 0 Å². The molecule has 0 amide bonds. The third kappa shape index (κ3) is 2.39. The minimum absolute atomic E-state index is 0.952. The Labute approximate surface area is 71.9 Å². The third-order valence-corrected chi connectivity index (χ3v) is 5.81. The Morgan fingerprint density at radius 3 is 1.60 bits per heavy atom. The van der Waals surface area contributed by atoms with E-state index in [0.717, 1.165) is 10.5 Å². The summed E-state index contributed by atoms with van der Waals surface area (Å²) >= 11 is 0. The van der Waals surface area contributed by atoms with Gasteiger partial charge in [0.2, 0.25) is 0 Å². The van der Waals surface area contributed by atoms with Crippen LogP contribution in [0, 0.1) is 0 Å². The summed E-state index contributed by atoms with van der Waals surface area (Å²) in [5.41, 5.74) is 0. The predicted molar refractivity (Wildman–Crippen MR) is 52.6 cm³/mol. The molecule has 0 aliphatic carbocycles. The third-order valence-electron chi connectivity index (χ3n) is 2.05. The molecule has 1 aliphatic rings. The van der Waals surface area contributed by atoms with Gasteiger partial charge in [0, 0.05) is 10.5 Å². The zero-order valence-corrected chi connectivity index (χ0v) is 8.43. The van der Waals surface area contributed by atoms with Gasteiger partial charge < -0.3 is 0 Å². The van der Waals surface area contributed by atoms with Crippen LogP contribution >= 0.6 is 21.6 Å². The molecule has 0 saturated carbocycles. The fourth-order valence-corrected chi connectivity index (χ4v) is 4.56. The fraction of sp³-hybridized carbons (Fsp3) is 1.00. The monoisotopic (exact) mass is 176 g/mol. The van der Waals surface area contributed by atoms with Crippen molar-refractivity contribution in [3.63, 3.8) is 0 Å². The minimum Gasteiger partial charge on any atom is -0.0905 e. The van der Waals surface area contributed by atoms with Crippen LogP contribution in [0.1, 0.15) is 39.5 Å². The number of hydrogen-bond donors (Lipinski definition) is 0. The van der Waals surface area contributed by atoms with Crippen LogP contribution in [-0.2, 0) is 0 Å². The topological polar surface area (TPSA) is 0 Å². The summed E-state index contributed by atoms with van der Waals surface area (Å²) in [4.78, 5) is 0. The molecule has 2 heteroatoms. The molecule has 0 aromatic heterocycles. The van der Waals surface area contributed by atoms with Crippen LogP contribution in [-0.4, -0.2) is 10.5 Å². The Balaban J connectivity index is 2.17. The molecule has 0 spiro atoms. The number of hydrogen-bond acceptors (Lipinski definition) is 2. The van der Waals surface area contributed by atoms with Crippen molar-refractivity contribution < 1.29 is 0 Å². The van der Waals surface area contributed by atoms with Gasteiger partial charge in [0.25, 0.3) is 0 Å². The van der Waals surface area contributed by atoms with E-state index in [1.807, 2.05) is 0 Å². The second-order valence-corrected chi connectivity index (χ2v) is 5.70. The van der Waals surface area contributed by atoms with Crippen molar-refractivity contribution in [2.75, 3.05) is 0 Å². The normalized spacial score (nSPS) is 34.2. The highest BCUT2D eigenvalue weighted by Crippen LogP contribution is 2.42. The van der Waals surface area contributed by atoms with Gasteiger partial charge >= 0.3 is 0 Å². The van der Waals surface area contributed by atoms with Gasteiger partial charge in [0.15, 0.2) is 0 Å². The summed E-state index contributed by atoms with van der Waals surface area (Å²) in [7, 11) is 4.23. The van der Waals surface area contributed by atoms with Crippen molar-refractivity contribution >= 4 is 21.6 Å². The molecule has 1 rings (SSSR count). The zero-order chi connectivity index (χ0) is 7.40. The lowest BCUT2D eigenvalue weighted by atomic mass is 10.1. The Kier molecular flexibility index (Phi) is 4.00. The summed E-state index contributed by atoms with van der Waals surface area (Å²) in [6.45, 7) is 4.59. The molecule has 0 aromatic rings. The predicted octanol–water partition coefficient (Wildman–Crippen LogP) is 3.72. The molecule has 10 heavy (non-hydrogen) atoms. The van der Waals surface area contributed by atoms with Gasteiger partial charge in [-0.3, -0.25) is 0 Å². The van der Waals surface area contributed by atoms with Gasteiger partial charge in [-0.05, 0) is 25.7 Å². The molecular formula is C8H16S2. The molecule has 1 saturated heterocycles. The van der Waals surface area contributed by atoms with Gasteiger partial charge in [0.05, 0.1) is 0 Å². The van der Waals surface area contributed by atoms with Crippen molar-refractivity contribution in [1.82, 2.24) is 0 Å². The van der Waals surface area contributed by atoms with E-state index in [-0.39, 0.29) is 0 Å². The molecule has 1 aliphatic heterocycles. The Hall–Kier alpha value is 0.700. The Bertz CT molecular complexity index is 73.3. The molecule has 0 nitrogen and oxygen atoms in total. The zero-order valence-electron chi connectivity index (χ0n) is 6.80. The first-order valence-corrected chi connectivity index (χ1v) is 6.46. The molecule has 1 heterocycles. The van der Waals surface area contributed by atoms with Gasteiger partial charge in [-0.25, -0.2) is 0 Å². The maximum absolute atomic E-state index is 2.30. The molecule has 2 unspecified atom stereocenters. The molecule has 0 bridgehead atoms. The Morgan fingerprint density at radius 2 is 1.40 bits per heavy atom. The SMILES string of the molecule is CCC1CCC(CC)SS1. The van der Waals surface area contributed by atoms with Crippen molar-refractivity contribution in [3.8, 4) is 0 Å². The van der Waals surface area contributed by atoms with E-state index in [1.54, 1.807) is 0 Å². The summed E-state index contributed by atoms with van der Waals surface area (Å²) in [5, 5.41) is 1.90. The first-order chi connectivity index (χ1) is 4.86. The maximum atomic E-state index is 2.30. The van der Waals surface area contributed by atoms with Crippen LogP contribution in [0.2, 0.25) is 0 Å².